The van der Waals surface area contributed by atoms with Gasteiger partial charge in [-0.3, -0.25) is 0 Å². The van der Waals surface area contributed by atoms with Crippen LogP contribution in [0, 0.1) is 5.92 Å². The van der Waals surface area contributed by atoms with Crippen LogP contribution in [0.2, 0.25) is 0 Å². The quantitative estimate of drug-likeness (QED) is 0.624. The lowest BCUT2D eigenvalue weighted by molar-refractivity contribution is -0.138. The molecule has 1 aliphatic heterocycles. The second kappa shape index (κ2) is 10.0. The Hall–Kier alpha value is -3.48. The van der Waals surface area contributed by atoms with E-state index in [4.69, 9.17) is 14.2 Å². The van der Waals surface area contributed by atoms with E-state index in [2.05, 4.69) is 24.5 Å². The van der Waals surface area contributed by atoms with Crippen LogP contribution in [0.3, 0.4) is 0 Å². The Morgan fingerprint density at radius 3 is 2.26 bits per heavy atom. The van der Waals surface area contributed by atoms with Crippen molar-refractivity contribution < 1.29 is 23.8 Å². The average molecular weight is 424 g/mol. The summed E-state index contributed by atoms with van der Waals surface area (Å²) < 4.78 is 16.3. The van der Waals surface area contributed by atoms with E-state index >= 15 is 0 Å². The average Bonchev–Trinajstić information content (AvgIpc) is 2.77. The monoisotopic (exact) mass is 424 g/mol. The van der Waals surface area contributed by atoms with Gasteiger partial charge in [0.1, 0.15) is 11.5 Å². The van der Waals surface area contributed by atoms with E-state index in [0.717, 1.165) is 11.3 Å². The number of carbonyl (C=O) groups excluding carboxylic acids is 2. The Labute approximate surface area is 182 Å². The zero-order chi connectivity index (χ0) is 22.4. The number of carbonyl (C=O) groups is 2. The largest absolute Gasteiger partial charge is 0.497 e. The van der Waals surface area contributed by atoms with Gasteiger partial charge in [0, 0.05) is 0 Å². The number of hydrogen-bond acceptors (Lipinski definition) is 5. The maximum absolute atomic E-state index is 12.9. The zero-order valence-electron chi connectivity index (χ0n) is 18.2. The molecule has 0 bridgehead atoms. The summed E-state index contributed by atoms with van der Waals surface area (Å²) in [5.74, 6) is 1.32. The van der Waals surface area contributed by atoms with Gasteiger partial charge in [0.2, 0.25) is 0 Å². The molecule has 0 aliphatic carbocycles. The summed E-state index contributed by atoms with van der Waals surface area (Å²) in [7, 11) is 1.58. The molecule has 0 aromatic heterocycles. The van der Waals surface area contributed by atoms with Crippen LogP contribution in [0.5, 0.6) is 11.5 Å². The number of ether oxygens (including phenoxy) is 3. The SMILES string of the molecule is CCOC(=O)C1=C(c2ccc(OC)cc2)NC(=O)NC1c1ccc(OCC(C)C)cc1. The lowest BCUT2D eigenvalue weighted by atomic mass is 9.92. The first-order chi connectivity index (χ1) is 14.9. The van der Waals surface area contributed by atoms with Crippen molar-refractivity contribution in [2.75, 3.05) is 20.3 Å². The van der Waals surface area contributed by atoms with Gasteiger partial charge in [-0.1, -0.05) is 26.0 Å². The molecule has 0 saturated carbocycles. The lowest BCUT2D eigenvalue weighted by Crippen LogP contribution is -2.45. The minimum absolute atomic E-state index is 0.223. The molecule has 1 atom stereocenters. The fraction of sp³-hybridized carbons (Fsp3) is 0.333. The summed E-state index contributed by atoms with van der Waals surface area (Å²) in [4.78, 5) is 25.4. The summed E-state index contributed by atoms with van der Waals surface area (Å²) >= 11 is 0. The number of urea groups is 1. The molecular formula is C24H28N2O5. The smallest absolute Gasteiger partial charge is 0.338 e. The van der Waals surface area contributed by atoms with Crippen LogP contribution in [0.15, 0.2) is 54.1 Å². The summed E-state index contributed by atoms with van der Waals surface area (Å²) in [6, 6.07) is 13.4. The molecule has 31 heavy (non-hydrogen) atoms. The molecule has 2 aromatic rings. The van der Waals surface area contributed by atoms with Gasteiger partial charge < -0.3 is 24.8 Å². The molecule has 1 aliphatic rings. The predicted molar refractivity (Wildman–Crippen MR) is 118 cm³/mol. The van der Waals surface area contributed by atoms with E-state index in [1.54, 1.807) is 38.3 Å². The molecular weight excluding hydrogens is 396 g/mol. The summed E-state index contributed by atoms with van der Waals surface area (Å²) in [5, 5.41) is 5.61. The molecule has 0 radical (unpaired) electrons. The van der Waals surface area contributed by atoms with Gasteiger partial charge in [-0.2, -0.15) is 0 Å². The summed E-state index contributed by atoms with van der Waals surface area (Å²) in [6.07, 6.45) is 0. The van der Waals surface area contributed by atoms with E-state index < -0.39 is 18.0 Å². The van der Waals surface area contributed by atoms with Crippen LogP contribution < -0.4 is 20.1 Å². The van der Waals surface area contributed by atoms with Gasteiger partial charge in [-0.25, -0.2) is 9.59 Å². The molecule has 1 unspecified atom stereocenters. The van der Waals surface area contributed by atoms with Crippen molar-refractivity contribution in [3.63, 3.8) is 0 Å². The third-order valence-electron chi connectivity index (χ3n) is 4.74. The second-order valence-electron chi connectivity index (χ2n) is 7.54. The van der Waals surface area contributed by atoms with Crippen molar-refractivity contribution in [3.8, 4) is 11.5 Å². The molecule has 7 nitrogen and oxygen atoms in total. The standard InChI is InChI=1S/C24H28N2O5/c1-5-30-23(27)20-21(16-6-10-18(29-4)11-7-16)25-24(28)26-22(20)17-8-12-19(13-9-17)31-14-15(2)3/h6-13,15,22H,5,14H2,1-4H3,(H2,25,26,28). The van der Waals surface area contributed by atoms with Crippen molar-refractivity contribution in [1.29, 1.82) is 0 Å². The molecule has 2 amide bonds. The molecule has 164 valence electrons. The molecule has 1 heterocycles. The first-order valence-corrected chi connectivity index (χ1v) is 10.3. The normalized spacial score (nSPS) is 15.9. The van der Waals surface area contributed by atoms with Gasteiger partial charge >= 0.3 is 12.0 Å². The minimum Gasteiger partial charge on any atom is -0.497 e. The van der Waals surface area contributed by atoms with Crippen molar-refractivity contribution in [1.82, 2.24) is 10.6 Å². The Kier molecular flexibility index (Phi) is 7.18. The molecule has 0 spiro atoms. The summed E-state index contributed by atoms with van der Waals surface area (Å²) in [5.41, 5.74) is 2.18. The highest BCUT2D eigenvalue weighted by atomic mass is 16.5. The molecule has 2 aromatic carbocycles. The maximum Gasteiger partial charge on any atom is 0.338 e. The lowest BCUT2D eigenvalue weighted by Gasteiger charge is -2.29. The van der Waals surface area contributed by atoms with E-state index in [9.17, 15) is 9.59 Å². The number of methoxy groups -OCH3 is 1. The van der Waals surface area contributed by atoms with E-state index in [1.165, 1.54) is 0 Å². The van der Waals surface area contributed by atoms with E-state index in [0.29, 0.717) is 35.1 Å². The Balaban J connectivity index is 2.02. The van der Waals surface area contributed by atoms with E-state index in [-0.39, 0.29) is 6.61 Å². The molecule has 2 N–H and O–H groups in total. The molecule has 0 saturated heterocycles. The number of rotatable bonds is 8. The number of nitrogens with one attached hydrogen (secondary N) is 2. The van der Waals surface area contributed by atoms with Crippen LogP contribution in [-0.4, -0.2) is 32.3 Å². The van der Waals surface area contributed by atoms with Crippen molar-refractivity contribution >= 4 is 17.7 Å². The van der Waals surface area contributed by atoms with Gasteiger partial charge in [0.15, 0.2) is 0 Å². The molecule has 0 fully saturated rings. The first-order valence-electron chi connectivity index (χ1n) is 10.3. The van der Waals surface area contributed by atoms with Gasteiger partial charge in [-0.05, 0) is 60.4 Å². The van der Waals surface area contributed by atoms with Gasteiger partial charge in [0.05, 0.1) is 37.6 Å². The van der Waals surface area contributed by atoms with Gasteiger partial charge in [-0.15, -0.1) is 0 Å². The van der Waals surface area contributed by atoms with Crippen molar-refractivity contribution in [2.24, 2.45) is 5.92 Å². The second-order valence-corrected chi connectivity index (χ2v) is 7.54. The topological polar surface area (TPSA) is 85.9 Å². The van der Waals surface area contributed by atoms with Crippen LogP contribution >= 0.6 is 0 Å². The Bertz CT molecular complexity index is 949. The Morgan fingerprint density at radius 1 is 1.03 bits per heavy atom. The number of esters is 1. The van der Waals surface area contributed by atoms with E-state index in [1.807, 2.05) is 24.3 Å². The highest BCUT2D eigenvalue weighted by Crippen LogP contribution is 2.33. The Morgan fingerprint density at radius 2 is 1.68 bits per heavy atom. The predicted octanol–water partition coefficient (Wildman–Crippen LogP) is 4.06. The van der Waals surface area contributed by atoms with Crippen molar-refractivity contribution in [3.05, 3.63) is 65.2 Å². The van der Waals surface area contributed by atoms with Crippen LogP contribution in [-0.2, 0) is 9.53 Å². The number of benzene rings is 2. The van der Waals surface area contributed by atoms with Crippen LogP contribution in [0.4, 0.5) is 4.79 Å². The number of hydrogen-bond donors (Lipinski definition) is 2. The molecule has 7 heteroatoms. The summed E-state index contributed by atoms with van der Waals surface area (Å²) in [6.45, 7) is 6.74. The van der Waals surface area contributed by atoms with Crippen LogP contribution in [0.25, 0.3) is 5.70 Å². The first kappa shape index (κ1) is 22.2. The maximum atomic E-state index is 12.9. The third-order valence-corrected chi connectivity index (χ3v) is 4.74. The fourth-order valence-electron chi connectivity index (χ4n) is 3.25. The highest BCUT2D eigenvalue weighted by Gasteiger charge is 2.34. The number of amides is 2. The highest BCUT2D eigenvalue weighted by molar-refractivity contribution is 6.04. The fourth-order valence-corrected chi connectivity index (χ4v) is 3.25. The van der Waals surface area contributed by atoms with Crippen LogP contribution in [0.1, 0.15) is 37.9 Å². The molecule has 3 rings (SSSR count). The third kappa shape index (κ3) is 5.36. The minimum atomic E-state index is -0.663. The van der Waals surface area contributed by atoms with Gasteiger partial charge in [0.25, 0.3) is 0 Å². The zero-order valence-corrected chi connectivity index (χ0v) is 18.2. The van der Waals surface area contributed by atoms with Crippen molar-refractivity contribution in [2.45, 2.75) is 26.8 Å².